The number of rotatable bonds is 9. The maximum absolute atomic E-state index is 9.07. The SMILES string of the molecule is CC(=C/[C@H]1O[C@@H](CO[Si](C)(C)C(C)(C)C)C[C@H](OCc2ccccc2)[C@H]1C)/C=C/CO. The van der Waals surface area contributed by atoms with Crippen molar-refractivity contribution in [3.05, 3.63) is 59.7 Å². The summed E-state index contributed by atoms with van der Waals surface area (Å²) in [5, 5.41) is 9.24. The van der Waals surface area contributed by atoms with Crippen LogP contribution in [0, 0.1) is 5.92 Å². The van der Waals surface area contributed by atoms with Gasteiger partial charge in [0.2, 0.25) is 0 Å². The fourth-order valence-corrected chi connectivity index (χ4v) is 4.49. The highest BCUT2D eigenvalue weighted by Crippen LogP contribution is 2.37. The summed E-state index contributed by atoms with van der Waals surface area (Å²) >= 11 is 0. The lowest BCUT2D eigenvalue weighted by atomic mass is 9.89. The predicted octanol–water partition coefficient (Wildman–Crippen LogP) is 5.88. The van der Waals surface area contributed by atoms with Crippen LogP contribution in [-0.4, -0.2) is 44.9 Å². The normalized spacial score (nSPS) is 25.9. The van der Waals surface area contributed by atoms with Crippen molar-refractivity contribution in [3.8, 4) is 0 Å². The van der Waals surface area contributed by atoms with E-state index >= 15 is 0 Å². The van der Waals surface area contributed by atoms with Gasteiger partial charge >= 0.3 is 0 Å². The molecule has 0 amide bonds. The van der Waals surface area contributed by atoms with Crippen molar-refractivity contribution in [2.45, 2.75) is 84.1 Å². The van der Waals surface area contributed by atoms with E-state index in [9.17, 15) is 0 Å². The fraction of sp³-hybridized carbons (Fsp3) is 0.615. The molecule has 0 unspecified atom stereocenters. The van der Waals surface area contributed by atoms with E-state index in [1.54, 1.807) is 6.08 Å². The van der Waals surface area contributed by atoms with Crippen LogP contribution < -0.4 is 0 Å². The lowest BCUT2D eigenvalue weighted by molar-refractivity contribution is -0.145. The average molecular weight is 447 g/mol. The van der Waals surface area contributed by atoms with E-state index in [-0.39, 0.29) is 35.9 Å². The van der Waals surface area contributed by atoms with Crippen molar-refractivity contribution in [3.63, 3.8) is 0 Å². The van der Waals surface area contributed by atoms with Crippen LogP contribution in [-0.2, 0) is 20.5 Å². The van der Waals surface area contributed by atoms with E-state index in [2.05, 4.69) is 59.0 Å². The van der Waals surface area contributed by atoms with Crippen LogP contribution in [0.1, 0.15) is 46.6 Å². The summed E-state index contributed by atoms with van der Waals surface area (Å²) in [7, 11) is -1.85. The molecule has 31 heavy (non-hydrogen) atoms. The Morgan fingerprint density at radius 1 is 1.23 bits per heavy atom. The number of aliphatic hydroxyl groups is 1. The highest BCUT2D eigenvalue weighted by Gasteiger charge is 2.40. The Hall–Kier alpha value is -1.24. The first-order valence-corrected chi connectivity index (χ1v) is 14.3. The van der Waals surface area contributed by atoms with Crippen LogP contribution in [0.2, 0.25) is 18.1 Å². The van der Waals surface area contributed by atoms with Crippen molar-refractivity contribution in [1.29, 1.82) is 0 Å². The molecule has 0 spiro atoms. The van der Waals surface area contributed by atoms with Gasteiger partial charge in [-0.3, -0.25) is 0 Å². The van der Waals surface area contributed by atoms with E-state index in [1.165, 1.54) is 5.56 Å². The molecule has 0 bridgehead atoms. The van der Waals surface area contributed by atoms with Crippen LogP contribution in [0.25, 0.3) is 0 Å². The van der Waals surface area contributed by atoms with Crippen LogP contribution in [0.4, 0.5) is 0 Å². The zero-order valence-corrected chi connectivity index (χ0v) is 21.4. The summed E-state index contributed by atoms with van der Waals surface area (Å²) in [6.07, 6.45) is 6.71. The number of hydrogen-bond acceptors (Lipinski definition) is 4. The van der Waals surface area contributed by atoms with E-state index < -0.39 is 8.32 Å². The molecule has 0 radical (unpaired) electrons. The molecule has 1 aliphatic heterocycles. The molecule has 0 aromatic heterocycles. The molecular formula is C26H42O4Si. The van der Waals surface area contributed by atoms with Crippen molar-refractivity contribution in [2.75, 3.05) is 13.2 Å². The van der Waals surface area contributed by atoms with Crippen LogP contribution in [0.3, 0.4) is 0 Å². The van der Waals surface area contributed by atoms with Gasteiger partial charge in [-0.25, -0.2) is 0 Å². The molecule has 1 N–H and O–H groups in total. The Bertz CT molecular complexity index is 721. The van der Waals surface area contributed by atoms with Crippen molar-refractivity contribution in [2.24, 2.45) is 5.92 Å². The van der Waals surface area contributed by atoms with Gasteiger partial charge in [-0.05, 0) is 30.6 Å². The number of benzene rings is 1. The van der Waals surface area contributed by atoms with E-state index in [1.807, 2.05) is 31.2 Å². The molecular weight excluding hydrogens is 404 g/mol. The third-order valence-corrected chi connectivity index (χ3v) is 11.1. The van der Waals surface area contributed by atoms with Gasteiger partial charge in [0.25, 0.3) is 0 Å². The Balaban J connectivity index is 2.12. The first-order valence-electron chi connectivity index (χ1n) is 11.4. The summed E-state index contributed by atoms with van der Waals surface area (Å²) in [6, 6.07) is 10.3. The molecule has 1 aromatic rings. The molecule has 2 rings (SSSR count). The predicted molar refractivity (Wildman–Crippen MR) is 131 cm³/mol. The third kappa shape index (κ3) is 7.99. The quantitative estimate of drug-likeness (QED) is 0.380. The van der Waals surface area contributed by atoms with Gasteiger partial charge in [-0.2, -0.15) is 0 Å². The highest BCUT2D eigenvalue weighted by molar-refractivity contribution is 6.74. The number of ether oxygens (including phenoxy) is 2. The molecule has 0 saturated carbocycles. The summed E-state index contributed by atoms with van der Waals surface area (Å²) in [5.41, 5.74) is 2.27. The Morgan fingerprint density at radius 2 is 1.90 bits per heavy atom. The molecule has 4 nitrogen and oxygen atoms in total. The van der Waals surface area contributed by atoms with Gasteiger partial charge in [-0.1, -0.05) is 81.8 Å². The smallest absolute Gasteiger partial charge is 0.192 e. The van der Waals surface area contributed by atoms with Crippen molar-refractivity contribution >= 4 is 8.32 Å². The standard InChI is InChI=1S/C26H42O4Si/c1-20(12-11-15-27)16-25-21(2)24(28-18-22-13-9-8-10-14-22)17-23(30-25)19-29-31(6,7)26(3,4)5/h8-14,16,21,23-25,27H,15,17-19H2,1-7H3/b12-11+,20-16-/t21-,23-,24+,25-/m1/s1. The number of hydrogen-bond donors (Lipinski definition) is 1. The molecule has 174 valence electrons. The minimum absolute atomic E-state index is 0.00182. The zero-order valence-electron chi connectivity index (χ0n) is 20.4. The third-order valence-electron chi connectivity index (χ3n) is 6.61. The Morgan fingerprint density at radius 3 is 2.52 bits per heavy atom. The second-order valence-corrected chi connectivity index (χ2v) is 15.0. The maximum Gasteiger partial charge on any atom is 0.192 e. The van der Waals surface area contributed by atoms with E-state index in [4.69, 9.17) is 19.0 Å². The van der Waals surface area contributed by atoms with Crippen LogP contribution in [0.5, 0.6) is 0 Å². The Labute approximate surface area is 190 Å². The summed E-state index contributed by atoms with van der Waals surface area (Å²) in [5.74, 6) is 0.227. The molecule has 1 fully saturated rings. The molecule has 1 saturated heterocycles. The largest absolute Gasteiger partial charge is 0.414 e. The highest BCUT2D eigenvalue weighted by atomic mass is 28.4. The molecule has 1 aromatic carbocycles. The van der Waals surface area contributed by atoms with Crippen molar-refractivity contribution in [1.82, 2.24) is 0 Å². The monoisotopic (exact) mass is 446 g/mol. The van der Waals surface area contributed by atoms with Gasteiger partial charge in [-0.15, -0.1) is 0 Å². The average Bonchev–Trinajstić information content (AvgIpc) is 2.71. The lowest BCUT2D eigenvalue weighted by Crippen LogP contribution is -2.48. The van der Waals surface area contributed by atoms with Crippen LogP contribution in [0.15, 0.2) is 54.1 Å². The van der Waals surface area contributed by atoms with E-state index in [0.717, 1.165) is 12.0 Å². The summed E-state index contributed by atoms with van der Waals surface area (Å²) < 4.78 is 19.4. The fourth-order valence-electron chi connectivity index (χ4n) is 3.45. The molecule has 1 aliphatic rings. The Kier molecular flexibility index (Phi) is 9.71. The molecule has 1 heterocycles. The minimum Gasteiger partial charge on any atom is -0.414 e. The molecule has 4 atom stereocenters. The summed E-state index contributed by atoms with van der Waals surface area (Å²) in [6.45, 7) is 16.8. The summed E-state index contributed by atoms with van der Waals surface area (Å²) in [4.78, 5) is 0. The van der Waals surface area contributed by atoms with Gasteiger partial charge < -0.3 is 19.0 Å². The number of aliphatic hydroxyl groups excluding tert-OH is 1. The topological polar surface area (TPSA) is 47.9 Å². The molecule has 0 aliphatic carbocycles. The second kappa shape index (κ2) is 11.6. The first-order chi connectivity index (χ1) is 14.5. The van der Waals surface area contributed by atoms with Gasteiger partial charge in [0.15, 0.2) is 8.32 Å². The molecule has 5 heteroatoms. The number of allylic oxidation sites excluding steroid dienone is 2. The van der Waals surface area contributed by atoms with Gasteiger partial charge in [0.1, 0.15) is 0 Å². The van der Waals surface area contributed by atoms with Gasteiger partial charge in [0, 0.05) is 12.3 Å². The van der Waals surface area contributed by atoms with Crippen LogP contribution >= 0.6 is 0 Å². The first kappa shape index (κ1) is 26.0. The second-order valence-electron chi connectivity index (χ2n) is 10.2. The maximum atomic E-state index is 9.07. The lowest BCUT2D eigenvalue weighted by Gasteiger charge is -2.42. The van der Waals surface area contributed by atoms with E-state index in [0.29, 0.717) is 13.2 Å². The van der Waals surface area contributed by atoms with Gasteiger partial charge in [0.05, 0.1) is 38.1 Å². The minimum atomic E-state index is -1.85. The van der Waals surface area contributed by atoms with Crippen molar-refractivity contribution < 1.29 is 19.0 Å². The zero-order chi connectivity index (χ0) is 23.1.